The molecule has 0 aromatic rings. The maximum absolute atomic E-state index is 4.61. The predicted molar refractivity (Wildman–Crippen MR) is 140 cm³/mol. The van der Waals surface area contributed by atoms with E-state index < -0.39 is 0 Å². The second kappa shape index (κ2) is 9.93. The lowest BCUT2D eigenvalue weighted by molar-refractivity contribution is -0.213. The topological polar surface area (TPSA) is 0 Å². The van der Waals surface area contributed by atoms with Crippen LogP contribution < -0.4 is 0 Å². The van der Waals surface area contributed by atoms with Crippen LogP contribution in [0.4, 0.5) is 0 Å². The summed E-state index contributed by atoms with van der Waals surface area (Å²) in [7, 11) is 0. The van der Waals surface area contributed by atoms with E-state index in [1.54, 1.807) is 0 Å². The van der Waals surface area contributed by atoms with E-state index in [1.807, 2.05) is 0 Å². The highest BCUT2D eigenvalue weighted by Gasteiger charge is 2.65. The molecule has 5 unspecified atom stereocenters. The van der Waals surface area contributed by atoms with E-state index in [9.17, 15) is 0 Å². The zero-order valence-corrected chi connectivity index (χ0v) is 23.3. The third-order valence-electron chi connectivity index (χ3n) is 11.2. The standard InChI is InChI=1S/C31H58/c1-12-16-25-21-30(11,23(4)5)19-20-31(28(7,8)14-3)26(22-29(31,9)10)17-15-18-27(25)24(6)13-2/h23,25-27H,6,12-22H2,1-5,7-11H3. The van der Waals surface area contributed by atoms with Crippen molar-refractivity contribution in [2.45, 2.75) is 140 Å². The number of hydrogen-bond acceptors (Lipinski definition) is 0. The molecule has 0 aromatic carbocycles. The van der Waals surface area contributed by atoms with Gasteiger partial charge in [0.2, 0.25) is 0 Å². The Kier molecular flexibility index (Phi) is 8.64. The molecule has 0 heteroatoms. The van der Waals surface area contributed by atoms with Crippen LogP contribution in [0.2, 0.25) is 0 Å². The number of allylic oxidation sites excluding steroid dienone is 1. The van der Waals surface area contributed by atoms with Gasteiger partial charge in [0.05, 0.1) is 0 Å². The molecule has 0 radical (unpaired) electrons. The van der Waals surface area contributed by atoms with E-state index >= 15 is 0 Å². The Morgan fingerprint density at radius 1 is 1.00 bits per heavy atom. The highest BCUT2D eigenvalue weighted by Crippen LogP contribution is 2.73. The van der Waals surface area contributed by atoms with Gasteiger partial charge in [-0.3, -0.25) is 0 Å². The molecule has 0 saturated heterocycles. The second-order valence-electron chi connectivity index (χ2n) is 13.6. The van der Waals surface area contributed by atoms with Gasteiger partial charge in [0.15, 0.2) is 0 Å². The molecular formula is C31H58. The van der Waals surface area contributed by atoms with Crippen molar-refractivity contribution in [1.82, 2.24) is 0 Å². The van der Waals surface area contributed by atoms with Crippen LogP contribution in [0.25, 0.3) is 0 Å². The highest BCUT2D eigenvalue weighted by molar-refractivity contribution is 5.14. The lowest BCUT2D eigenvalue weighted by Gasteiger charge is -2.70. The Morgan fingerprint density at radius 3 is 2.13 bits per heavy atom. The molecule has 0 spiro atoms. The number of hydrogen-bond donors (Lipinski definition) is 0. The first kappa shape index (κ1) is 27.0. The number of fused-ring (bicyclic) bond motifs is 1. The zero-order valence-electron chi connectivity index (χ0n) is 23.3. The smallest absolute Gasteiger partial charge is 0.0166 e. The molecule has 5 atom stereocenters. The lowest BCUT2D eigenvalue weighted by Crippen LogP contribution is -2.62. The average molecular weight is 431 g/mol. The summed E-state index contributed by atoms with van der Waals surface area (Å²) in [5.41, 5.74) is 3.35. The van der Waals surface area contributed by atoms with Gasteiger partial charge in [-0.15, -0.1) is 0 Å². The highest BCUT2D eigenvalue weighted by atomic mass is 14.7. The van der Waals surface area contributed by atoms with Gasteiger partial charge in [0.1, 0.15) is 0 Å². The molecule has 182 valence electrons. The molecule has 2 rings (SSSR count). The van der Waals surface area contributed by atoms with E-state index in [0.29, 0.717) is 21.7 Å². The second-order valence-corrected chi connectivity index (χ2v) is 13.6. The molecule has 2 aliphatic carbocycles. The summed E-state index contributed by atoms with van der Waals surface area (Å²) >= 11 is 0. The molecule has 0 nitrogen and oxygen atoms in total. The van der Waals surface area contributed by atoms with Gasteiger partial charge in [0.25, 0.3) is 0 Å². The van der Waals surface area contributed by atoms with Crippen molar-refractivity contribution in [3.63, 3.8) is 0 Å². The SMILES string of the molecule is C=C(CC)C1CCCC2CC(C)(C)C2(C(C)(C)CC)CCC(C)(C(C)C)CC1CCC. The average Bonchev–Trinajstić information content (AvgIpc) is 2.70. The van der Waals surface area contributed by atoms with Crippen LogP contribution in [-0.2, 0) is 0 Å². The van der Waals surface area contributed by atoms with Gasteiger partial charge in [-0.05, 0) is 90.3 Å². The first-order valence-electron chi connectivity index (χ1n) is 14.0. The molecule has 0 bridgehead atoms. The van der Waals surface area contributed by atoms with Crippen molar-refractivity contribution in [3.05, 3.63) is 12.2 Å². The summed E-state index contributed by atoms with van der Waals surface area (Å²) in [6, 6.07) is 0. The van der Waals surface area contributed by atoms with Gasteiger partial charge in [0, 0.05) is 0 Å². The summed E-state index contributed by atoms with van der Waals surface area (Å²) < 4.78 is 0. The third-order valence-corrected chi connectivity index (χ3v) is 11.2. The van der Waals surface area contributed by atoms with E-state index in [4.69, 9.17) is 0 Å². The summed E-state index contributed by atoms with van der Waals surface area (Å²) in [4.78, 5) is 0. The molecule has 2 saturated carbocycles. The monoisotopic (exact) mass is 430 g/mol. The molecule has 0 aliphatic heterocycles. The minimum atomic E-state index is 0.417. The lowest BCUT2D eigenvalue weighted by atomic mass is 9.34. The van der Waals surface area contributed by atoms with Crippen molar-refractivity contribution in [3.8, 4) is 0 Å². The third kappa shape index (κ3) is 4.84. The normalized spacial score (nSPS) is 36.9. The van der Waals surface area contributed by atoms with E-state index in [0.717, 1.165) is 30.1 Å². The van der Waals surface area contributed by atoms with Crippen LogP contribution in [-0.4, -0.2) is 0 Å². The van der Waals surface area contributed by atoms with Crippen molar-refractivity contribution >= 4 is 0 Å². The van der Waals surface area contributed by atoms with Crippen molar-refractivity contribution in [1.29, 1.82) is 0 Å². The van der Waals surface area contributed by atoms with Crippen molar-refractivity contribution < 1.29 is 0 Å². The van der Waals surface area contributed by atoms with E-state index in [1.165, 1.54) is 69.8 Å². The minimum absolute atomic E-state index is 0.417. The first-order valence-corrected chi connectivity index (χ1v) is 14.0. The van der Waals surface area contributed by atoms with Gasteiger partial charge in [-0.1, -0.05) is 107 Å². The quantitative estimate of drug-likeness (QED) is 0.352. The van der Waals surface area contributed by atoms with Gasteiger partial charge < -0.3 is 0 Å². The van der Waals surface area contributed by atoms with Crippen LogP contribution in [0.1, 0.15) is 140 Å². The molecule has 0 amide bonds. The molecule has 0 N–H and O–H groups in total. The van der Waals surface area contributed by atoms with Gasteiger partial charge in [-0.25, -0.2) is 0 Å². The zero-order chi connectivity index (χ0) is 23.7. The fourth-order valence-electron chi connectivity index (χ4n) is 8.55. The summed E-state index contributed by atoms with van der Waals surface area (Å²) in [5.74, 6) is 3.21. The van der Waals surface area contributed by atoms with Crippen molar-refractivity contribution in [2.24, 2.45) is 45.3 Å². The molecule has 31 heavy (non-hydrogen) atoms. The molecule has 2 aliphatic rings. The Morgan fingerprint density at radius 2 is 1.65 bits per heavy atom. The van der Waals surface area contributed by atoms with E-state index in [-0.39, 0.29) is 0 Å². The molecule has 2 fully saturated rings. The van der Waals surface area contributed by atoms with Crippen LogP contribution in [0, 0.1) is 45.3 Å². The van der Waals surface area contributed by atoms with Crippen LogP contribution in [0.3, 0.4) is 0 Å². The van der Waals surface area contributed by atoms with Crippen molar-refractivity contribution in [2.75, 3.05) is 0 Å². The Hall–Kier alpha value is -0.260. The van der Waals surface area contributed by atoms with Gasteiger partial charge >= 0.3 is 0 Å². The fraction of sp³-hybridized carbons (Fsp3) is 0.935. The largest absolute Gasteiger partial charge is 0.0996 e. The Labute approximate surface area is 197 Å². The predicted octanol–water partition coefficient (Wildman–Crippen LogP) is 10.5. The maximum atomic E-state index is 4.61. The van der Waals surface area contributed by atoms with Crippen LogP contribution >= 0.6 is 0 Å². The fourth-order valence-corrected chi connectivity index (χ4v) is 8.55. The Bertz CT molecular complexity index is 593. The van der Waals surface area contributed by atoms with E-state index in [2.05, 4.69) is 75.8 Å². The summed E-state index contributed by atoms with van der Waals surface area (Å²) in [6.07, 6.45) is 15.1. The number of rotatable bonds is 7. The van der Waals surface area contributed by atoms with Gasteiger partial charge in [-0.2, -0.15) is 0 Å². The maximum Gasteiger partial charge on any atom is -0.0166 e. The molecule has 0 heterocycles. The minimum Gasteiger partial charge on any atom is -0.0996 e. The Balaban J connectivity index is 2.51. The summed E-state index contributed by atoms with van der Waals surface area (Å²) in [5, 5.41) is 0. The summed E-state index contributed by atoms with van der Waals surface area (Å²) in [6.45, 7) is 29.9. The molecular weight excluding hydrogens is 372 g/mol. The first-order chi connectivity index (χ1) is 14.3. The molecule has 0 aromatic heterocycles. The van der Waals surface area contributed by atoms with Crippen LogP contribution in [0.15, 0.2) is 12.2 Å². The van der Waals surface area contributed by atoms with Crippen LogP contribution in [0.5, 0.6) is 0 Å².